The summed E-state index contributed by atoms with van der Waals surface area (Å²) in [5.41, 5.74) is 3.83. The summed E-state index contributed by atoms with van der Waals surface area (Å²) in [4.78, 5) is 2.26. The number of ether oxygens (including phenoxy) is 1. The number of nitrogens with one attached hydrogen (secondary N) is 1. The zero-order valence-corrected chi connectivity index (χ0v) is 14.8. The molecule has 0 aliphatic carbocycles. The number of thiophene rings is 1. The van der Waals surface area contributed by atoms with Crippen molar-refractivity contribution in [3.05, 3.63) is 50.6 Å². The van der Waals surface area contributed by atoms with Crippen molar-refractivity contribution in [1.29, 1.82) is 0 Å². The van der Waals surface area contributed by atoms with Gasteiger partial charge in [-0.25, -0.2) is 0 Å². The quantitative estimate of drug-likeness (QED) is 0.715. The van der Waals surface area contributed by atoms with Crippen LogP contribution in [0, 0.1) is 0 Å². The van der Waals surface area contributed by atoms with Crippen LogP contribution in [0.1, 0.15) is 11.1 Å². The highest BCUT2D eigenvalue weighted by Crippen LogP contribution is 2.28. The maximum absolute atomic E-state index is 5.03. The molecule has 5 heteroatoms. The molecule has 21 heavy (non-hydrogen) atoms. The van der Waals surface area contributed by atoms with Gasteiger partial charge in [-0.05, 0) is 56.0 Å². The van der Waals surface area contributed by atoms with Gasteiger partial charge in [0.1, 0.15) is 0 Å². The van der Waals surface area contributed by atoms with Crippen molar-refractivity contribution < 1.29 is 4.74 Å². The van der Waals surface area contributed by atoms with Gasteiger partial charge in [-0.2, -0.15) is 11.3 Å². The second-order valence-electron chi connectivity index (χ2n) is 4.94. The van der Waals surface area contributed by atoms with E-state index in [1.807, 2.05) is 0 Å². The van der Waals surface area contributed by atoms with Gasteiger partial charge in [0.15, 0.2) is 0 Å². The lowest BCUT2D eigenvalue weighted by molar-refractivity contribution is 0.199. The van der Waals surface area contributed by atoms with Crippen LogP contribution in [0.3, 0.4) is 0 Å². The largest absolute Gasteiger partial charge is 0.383 e. The molecule has 2 rings (SSSR count). The van der Waals surface area contributed by atoms with Gasteiger partial charge in [-0.3, -0.25) is 0 Å². The van der Waals surface area contributed by atoms with Gasteiger partial charge in [0.25, 0.3) is 0 Å². The highest BCUT2D eigenvalue weighted by molar-refractivity contribution is 9.10. The number of rotatable bonds is 8. The van der Waals surface area contributed by atoms with E-state index in [1.165, 1.54) is 16.8 Å². The van der Waals surface area contributed by atoms with E-state index < -0.39 is 0 Å². The van der Waals surface area contributed by atoms with E-state index in [2.05, 4.69) is 68.2 Å². The Bertz CT molecular complexity index is 545. The fourth-order valence-electron chi connectivity index (χ4n) is 2.12. The Morgan fingerprint density at radius 1 is 1.29 bits per heavy atom. The van der Waals surface area contributed by atoms with E-state index in [-0.39, 0.29) is 0 Å². The van der Waals surface area contributed by atoms with E-state index in [1.54, 1.807) is 18.4 Å². The fraction of sp³-hybridized carbons (Fsp3) is 0.375. The van der Waals surface area contributed by atoms with Gasteiger partial charge in [0.05, 0.1) is 12.3 Å². The summed E-state index contributed by atoms with van der Waals surface area (Å²) in [6, 6.07) is 8.69. The molecular formula is C16H21BrN2OS. The molecule has 0 aliphatic heterocycles. The molecule has 1 aromatic carbocycles. The monoisotopic (exact) mass is 368 g/mol. The summed E-state index contributed by atoms with van der Waals surface area (Å²) in [6.45, 7) is 3.39. The average Bonchev–Trinajstić information content (AvgIpc) is 2.96. The number of hydrogen-bond donors (Lipinski definition) is 1. The van der Waals surface area contributed by atoms with Gasteiger partial charge >= 0.3 is 0 Å². The molecule has 0 bridgehead atoms. The molecule has 2 aromatic rings. The van der Waals surface area contributed by atoms with E-state index in [0.717, 1.165) is 30.7 Å². The normalized spacial score (nSPS) is 10.8. The predicted octanol–water partition coefficient (Wildman–Crippen LogP) is 3.88. The van der Waals surface area contributed by atoms with Crippen molar-refractivity contribution in [3.8, 4) is 0 Å². The Labute approximate surface area is 139 Å². The summed E-state index contributed by atoms with van der Waals surface area (Å²) in [5.74, 6) is 0. The summed E-state index contributed by atoms with van der Waals surface area (Å²) >= 11 is 5.42. The van der Waals surface area contributed by atoms with Crippen molar-refractivity contribution in [2.45, 2.75) is 13.1 Å². The molecule has 1 N–H and O–H groups in total. The summed E-state index contributed by atoms with van der Waals surface area (Å²) in [7, 11) is 3.84. The Hall–Kier alpha value is -0.880. The summed E-state index contributed by atoms with van der Waals surface area (Å²) in [6.07, 6.45) is 0. The molecule has 114 valence electrons. The van der Waals surface area contributed by atoms with Gasteiger partial charge in [0.2, 0.25) is 0 Å². The van der Waals surface area contributed by atoms with Crippen molar-refractivity contribution >= 4 is 33.0 Å². The van der Waals surface area contributed by atoms with Crippen molar-refractivity contribution in [1.82, 2.24) is 5.32 Å². The van der Waals surface area contributed by atoms with E-state index in [0.29, 0.717) is 0 Å². The van der Waals surface area contributed by atoms with Gasteiger partial charge in [-0.1, -0.05) is 6.07 Å². The van der Waals surface area contributed by atoms with Crippen LogP contribution in [0.2, 0.25) is 0 Å². The van der Waals surface area contributed by atoms with Crippen LogP contribution in [-0.4, -0.2) is 27.3 Å². The molecule has 1 aromatic heterocycles. The third-order valence-electron chi connectivity index (χ3n) is 3.24. The second kappa shape index (κ2) is 8.54. The van der Waals surface area contributed by atoms with E-state index in [9.17, 15) is 0 Å². The first kappa shape index (κ1) is 16.5. The summed E-state index contributed by atoms with van der Waals surface area (Å²) < 4.78 is 6.16. The van der Waals surface area contributed by atoms with Crippen LogP contribution in [0.15, 0.2) is 39.5 Å². The summed E-state index contributed by atoms with van der Waals surface area (Å²) in [5, 5.41) is 7.67. The fourth-order valence-corrected chi connectivity index (χ4v) is 3.51. The molecule has 1 heterocycles. The first-order valence-electron chi connectivity index (χ1n) is 6.91. The van der Waals surface area contributed by atoms with Crippen LogP contribution in [0.25, 0.3) is 0 Å². The SMILES string of the molecule is COCCNCc1ccc(N(C)Cc2ccsc2)c(Br)c1. The van der Waals surface area contributed by atoms with Crippen LogP contribution in [-0.2, 0) is 17.8 Å². The molecule has 0 saturated carbocycles. The average molecular weight is 369 g/mol. The Kier molecular flexibility index (Phi) is 6.70. The predicted molar refractivity (Wildman–Crippen MR) is 94.2 cm³/mol. The molecule has 3 nitrogen and oxygen atoms in total. The lowest BCUT2D eigenvalue weighted by atomic mass is 10.2. The van der Waals surface area contributed by atoms with Gasteiger partial charge in [-0.15, -0.1) is 0 Å². The Morgan fingerprint density at radius 2 is 2.14 bits per heavy atom. The number of anilines is 1. The molecular weight excluding hydrogens is 348 g/mol. The third kappa shape index (κ3) is 5.11. The van der Waals surface area contributed by atoms with Crippen molar-refractivity contribution in [2.24, 2.45) is 0 Å². The highest BCUT2D eigenvalue weighted by Gasteiger charge is 2.07. The molecule has 0 unspecified atom stereocenters. The first-order chi connectivity index (χ1) is 10.2. The number of halogens is 1. The van der Waals surface area contributed by atoms with E-state index in [4.69, 9.17) is 4.74 Å². The molecule has 0 fully saturated rings. The minimum absolute atomic E-state index is 0.739. The molecule has 0 atom stereocenters. The highest BCUT2D eigenvalue weighted by atomic mass is 79.9. The van der Waals surface area contributed by atoms with Gasteiger partial charge in [0, 0.05) is 38.3 Å². The zero-order chi connectivity index (χ0) is 15.1. The smallest absolute Gasteiger partial charge is 0.0587 e. The molecule has 0 saturated heterocycles. The van der Waals surface area contributed by atoms with Crippen molar-refractivity contribution in [2.75, 3.05) is 32.2 Å². The number of nitrogens with zero attached hydrogens (tertiary/aromatic N) is 1. The maximum Gasteiger partial charge on any atom is 0.0587 e. The van der Waals surface area contributed by atoms with Crippen LogP contribution in [0.5, 0.6) is 0 Å². The van der Waals surface area contributed by atoms with Crippen LogP contribution >= 0.6 is 27.3 Å². The standard InChI is InChI=1S/C16H21BrN2OS/c1-19(11-14-5-8-21-12-14)16-4-3-13(9-15(16)17)10-18-6-7-20-2/h3-5,8-9,12,18H,6-7,10-11H2,1-2H3. The first-order valence-corrected chi connectivity index (χ1v) is 8.64. The minimum atomic E-state index is 0.739. The molecule has 0 amide bonds. The Balaban J connectivity index is 1.94. The lowest BCUT2D eigenvalue weighted by Crippen LogP contribution is -2.19. The van der Waals surface area contributed by atoms with E-state index >= 15 is 0 Å². The zero-order valence-electron chi connectivity index (χ0n) is 12.4. The van der Waals surface area contributed by atoms with Crippen LogP contribution < -0.4 is 10.2 Å². The minimum Gasteiger partial charge on any atom is -0.383 e. The van der Waals surface area contributed by atoms with Crippen molar-refractivity contribution in [3.63, 3.8) is 0 Å². The number of methoxy groups -OCH3 is 1. The maximum atomic E-state index is 5.03. The van der Waals surface area contributed by atoms with Crippen LogP contribution in [0.4, 0.5) is 5.69 Å². The number of hydrogen-bond acceptors (Lipinski definition) is 4. The molecule has 0 aliphatic rings. The molecule has 0 radical (unpaired) electrons. The second-order valence-corrected chi connectivity index (χ2v) is 6.58. The topological polar surface area (TPSA) is 24.5 Å². The van der Waals surface area contributed by atoms with Gasteiger partial charge < -0.3 is 15.0 Å². The Morgan fingerprint density at radius 3 is 2.81 bits per heavy atom. The number of benzene rings is 1. The lowest BCUT2D eigenvalue weighted by Gasteiger charge is -2.21. The third-order valence-corrected chi connectivity index (χ3v) is 4.60. The molecule has 0 spiro atoms.